The van der Waals surface area contributed by atoms with Gasteiger partial charge in [-0.05, 0) is 96.3 Å². The molecule has 0 bridgehead atoms. The van der Waals surface area contributed by atoms with Crippen molar-refractivity contribution in [3.05, 3.63) is 72.9 Å². The topological polar surface area (TPSA) is 78.9 Å². The average Bonchev–Trinajstić information content (AvgIpc) is 3.22. The van der Waals surface area contributed by atoms with E-state index < -0.39 is 6.10 Å². The molecule has 0 aliphatic heterocycles. The summed E-state index contributed by atoms with van der Waals surface area (Å²) >= 11 is 0. The Hall–Kier alpha value is -3.15. The number of carbonyl (C=O) groups is 3. The maximum atomic E-state index is 12.7. The molecule has 0 saturated carbocycles. The standard InChI is InChI=1S/C52H88O6/c1-4-7-10-13-16-19-22-24-26-28-30-33-36-39-42-45-51(54)57-48-49(47-56-50(53)44-41-38-35-32-29-21-18-15-12-9-6-3)58-52(55)46-43-40-37-34-31-27-25-23-20-17-14-11-8-5-2/h7,10,14-19,23-26,49H,4-6,8-9,11-13,20-22,27-48H2,1-3H3/b10-7-,17-14-,18-15-,19-16-,25-23-,26-24-/t49-/m1/s1. The zero-order valence-electron chi connectivity index (χ0n) is 37.8. The summed E-state index contributed by atoms with van der Waals surface area (Å²) in [6.07, 6.45) is 57.3. The van der Waals surface area contributed by atoms with Crippen LogP contribution in [0.4, 0.5) is 0 Å². The molecule has 0 aromatic heterocycles. The fraction of sp³-hybridized carbons (Fsp3) is 0.712. The lowest BCUT2D eigenvalue weighted by Crippen LogP contribution is -2.30. The van der Waals surface area contributed by atoms with E-state index in [1.54, 1.807) is 0 Å². The second-order valence-corrected chi connectivity index (χ2v) is 15.6. The number of rotatable bonds is 42. The van der Waals surface area contributed by atoms with Crippen LogP contribution < -0.4 is 0 Å². The molecular weight excluding hydrogens is 721 g/mol. The molecule has 0 fully saturated rings. The maximum absolute atomic E-state index is 12.7. The Morgan fingerprint density at radius 1 is 0.362 bits per heavy atom. The smallest absolute Gasteiger partial charge is 0.306 e. The molecule has 0 aromatic carbocycles. The molecule has 0 amide bonds. The van der Waals surface area contributed by atoms with Gasteiger partial charge in [-0.2, -0.15) is 0 Å². The molecule has 332 valence electrons. The van der Waals surface area contributed by atoms with Gasteiger partial charge in [0.25, 0.3) is 0 Å². The lowest BCUT2D eigenvalue weighted by Gasteiger charge is -2.18. The first-order valence-corrected chi connectivity index (χ1v) is 23.9. The Morgan fingerprint density at radius 3 is 1.07 bits per heavy atom. The van der Waals surface area contributed by atoms with Gasteiger partial charge in [-0.3, -0.25) is 14.4 Å². The van der Waals surface area contributed by atoms with E-state index in [4.69, 9.17) is 14.2 Å². The number of esters is 3. The molecule has 0 heterocycles. The Bertz CT molecular complexity index is 1110. The molecular formula is C52H88O6. The molecule has 0 saturated heterocycles. The highest BCUT2D eigenvalue weighted by atomic mass is 16.6. The van der Waals surface area contributed by atoms with Gasteiger partial charge in [0, 0.05) is 19.3 Å². The van der Waals surface area contributed by atoms with Crippen LogP contribution in [0, 0.1) is 0 Å². The molecule has 0 N–H and O–H groups in total. The molecule has 0 rings (SSSR count). The van der Waals surface area contributed by atoms with Crippen LogP contribution in [0.2, 0.25) is 0 Å². The third kappa shape index (κ3) is 44.0. The van der Waals surface area contributed by atoms with Crippen LogP contribution in [0.25, 0.3) is 0 Å². The van der Waals surface area contributed by atoms with Crippen molar-refractivity contribution in [3.63, 3.8) is 0 Å². The molecule has 0 aliphatic carbocycles. The summed E-state index contributed by atoms with van der Waals surface area (Å²) in [6.45, 7) is 6.40. The number of hydrogen-bond donors (Lipinski definition) is 0. The van der Waals surface area contributed by atoms with E-state index in [2.05, 4.69) is 93.7 Å². The van der Waals surface area contributed by atoms with Crippen molar-refractivity contribution in [1.29, 1.82) is 0 Å². The SMILES string of the molecule is CC/C=C\C/C=C\C/C=C\CCCCCCCC(=O)OC[C@@H](COC(=O)CCCCCCC/C=C\CCCC)OC(=O)CCCCCCC/C=C\C/C=C\CCCC. The molecule has 0 aliphatic rings. The number of carbonyl (C=O) groups excluding carboxylic acids is 3. The Labute approximate surface area is 357 Å². The van der Waals surface area contributed by atoms with Gasteiger partial charge in [-0.15, -0.1) is 0 Å². The second kappa shape index (κ2) is 46.5. The molecule has 58 heavy (non-hydrogen) atoms. The van der Waals surface area contributed by atoms with Gasteiger partial charge in [0.15, 0.2) is 6.10 Å². The van der Waals surface area contributed by atoms with Crippen molar-refractivity contribution in [2.45, 2.75) is 226 Å². The summed E-state index contributed by atoms with van der Waals surface area (Å²) in [7, 11) is 0. The quantitative estimate of drug-likeness (QED) is 0.0264. The number of unbranched alkanes of at least 4 members (excludes halogenated alkanes) is 19. The summed E-state index contributed by atoms with van der Waals surface area (Å²) in [4.78, 5) is 37.8. The number of hydrogen-bond acceptors (Lipinski definition) is 6. The molecule has 0 aromatic rings. The summed E-state index contributed by atoms with van der Waals surface area (Å²) in [5, 5.41) is 0. The summed E-state index contributed by atoms with van der Waals surface area (Å²) in [5.74, 6) is -0.936. The highest BCUT2D eigenvalue weighted by molar-refractivity contribution is 5.71. The fourth-order valence-corrected chi connectivity index (χ4v) is 6.28. The van der Waals surface area contributed by atoms with Gasteiger partial charge >= 0.3 is 17.9 Å². The van der Waals surface area contributed by atoms with E-state index in [-0.39, 0.29) is 31.1 Å². The monoisotopic (exact) mass is 809 g/mol. The molecule has 1 atom stereocenters. The van der Waals surface area contributed by atoms with Crippen LogP contribution in [0.3, 0.4) is 0 Å². The van der Waals surface area contributed by atoms with Crippen molar-refractivity contribution in [2.75, 3.05) is 13.2 Å². The van der Waals surface area contributed by atoms with Crippen LogP contribution in [-0.2, 0) is 28.6 Å². The van der Waals surface area contributed by atoms with Gasteiger partial charge in [0.05, 0.1) is 0 Å². The van der Waals surface area contributed by atoms with Crippen molar-refractivity contribution in [1.82, 2.24) is 0 Å². The molecule has 0 unspecified atom stereocenters. The zero-order valence-corrected chi connectivity index (χ0v) is 37.8. The van der Waals surface area contributed by atoms with Crippen molar-refractivity contribution in [2.24, 2.45) is 0 Å². The first kappa shape index (κ1) is 54.9. The Kier molecular flexibility index (Phi) is 44.0. The Morgan fingerprint density at radius 2 is 0.672 bits per heavy atom. The first-order valence-electron chi connectivity index (χ1n) is 23.9. The normalized spacial score (nSPS) is 12.7. The predicted octanol–water partition coefficient (Wildman–Crippen LogP) is 15.5. The van der Waals surface area contributed by atoms with Crippen molar-refractivity contribution in [3.8, 4) is 0 Å². The molecule has 6 heteroatoms. The average molecular weight is 809 g/mol. The van der Waals surface area contributed by atoms with Gasteiger partial charge in [-0.1, -0.05) is 177 Å². The molecule has 0 spiro atoms. The van der Waals surface area contributed by atoms with Crippen LogP contribution in [-0.4, -0.2) is 37.2 Å². The van der Waals surface area contributed by atoms with Crippen LogP contribution in [0.1, 0.15) is 220 Å². The number of allylic oxidation sites excluding steroid dienone is 12. The van der Waals surface area contributed by atoms with Crippen molar-refractivity contribution >= 4 is 17.9 Å². The zero-order chi connectivity index (χ0) is 42.3. The molecule has 0 radical (unpaired) electrons. The van der Waals surface area contributed by atoms with Crippen molar-refractivity contribution < 1.29 is 28.6 Å². The van der Waals surface area contributed by atoms with E-state index in [9.17, 15) is 14.4 Å². The third-order valence-corrected chi connectivity index (χ3v) is 9.91. The van der Waals surface area contributed by atoms with E-state index in [0.717, 1.165) is 128 Å². The minimum Gasteiger partial charge on any atom is -0.462 e. The highest BCUT2D eigenvalue weighted by Crippen LogP contribution is 2.13. The van der Waals surface area contributed by atoms with Gasteiger partial charge < -0.3 is 14.2 Å². The van der Waals surface area contributed by atoms with Crippen LogP contribution in [0.5, 0.6) is 0 Å². The van der Waals surface area contributed by atoms with E-state index in [1.807, 2.05) is 0 Å². The fourth-order valence-electron chi connectivity index (χ4n) is 6.28. The predicted molar refractivity (Wildman–Crippen MR) is 247 cm³/mol. The minimum atomic E-state index is -0.791. The third-order valence-electron chi connectivity index (χ3n) is 9.91. The maximum Gasteiger partial charge on any atom is 0.306 e. The van der Waals surface area contributed by atoms with E-state index in [1.165, 1.54) is 51.4 Å². The largest absolute Gasteiger partial charge is 0.462 e. The Balaban J connectivity index is 4.44. The lowest BCUT2D eigenvalue weighted by molar-refractivity contribution is -0.167. The van der Waals surface area contributed by atoms with Gasteiger partial charge in [0.1, 0.15) is 13.2 Å². The summed E-state index contributed by atoms with van der Waals surface area (Å²) in [6, 6.07) is 0. The number of ether oxygens (including phenoxy) is 3. The molecule has 6 nitrogen and oxygen atoms in total. The first-order chi connectivity index (χ1) is 28.5. The minimum absolute atomic E-state index is 0.0920. The van der Waals surface area contributed by atoms with Crippen LogP contribution in [0.15, 0.2) is 72.9 Å². The van der Waals surface area contributed by atoms with E-state index in [0.29, 0.717) is 19.3 Å². The van der Waals surface area contributed by atoms with Crippen LogP contribution >= 0.6 is 0 Å². The van der Waals surface area contributed by atoms with Gasteiger partial charge in [0.2, 0.25) is 0 Å². The highest BCUT2D eigenvalue weighted by Gasteiger charge is 2.19. The lowest BCUT2D eigenvalue weighted by atomic mass is 10.1. The second-order valence-electron chi connectivity index (χ2n) is 15.6. The van der Waals surface area contributed by atoms with Gasteiger partial charge in [-0.25, -0.2) is 0 Å². The summed E-state index contributed by atoms with van der Waals surface area (Å²) < 4.78 is 16.7. The summed E-state index contributed by atoms with van der Waals surface area (Å²) in [5.41, 5.74) is 0. The van der Waals surface area contributed by atoms with E-state index >= 15 is 0 Å².